The summed E-state index contributed by atoms with van der Waals surface area (Å²) in [5.41, 5.74) is 0. The molecule has 0 aliphatic heterocycles. The molecule has 15 heavy (non-hydrogen) atoms. The Morgan fingerprint density at radius 1 is 1.07 bits per heavy atom. The minimum Gasteiger partial charge on any atom is -0.462 e. The molecule has 2 heteroatoms. The lowest BCUT2D eigenvalue weighted by Crippen LogP contribution is -2.20. The molecule has 0 bridgehead atoms. The predicted molar refractivity (Wildman–Crippen MR) is 59.5 cm³/mol. The van der Waals surface area contributed by atoms with E-state index in [2.05, 4.69) is 6.92 Å². The maximum Gasteiger partial charge on any atom is 0.309 e. The first-order chi connectivity index (χ1) is 7.27. The van der Waals surface area contributed by atoms with Crippen molar-refractivity contribution in [3.63, 3.8) is 0 Å². The van der Waals surface area contributed by atoms with Gasteiger partial charge in [-0.1, -0.05) is 26.2 Å². The first-order valence-corrected chi connectivity index (χ1v) is 6.48. The summed E-state index contributed by atoms with van der Waals surface area (Å²) >= 11 is 0. The van der Waals surface area contributed by atoms with Gasteiger partial charge in [-0.3, -0.25) is 4.79 Å². The van der Waals surface area contributed by atoms with Crippen LogP contribution >= 0.6 is 0 Å². The lowest BCUT2D eigenvalue weighted by atomic mass is 9.98. The van der Waals surface area contributed by atoms with Gasteiger partial charge in [-0.05, 0) is 38.0 Å². The Bertz CT molecular complexity index is 217. The Hall–Kier alpha value is -0.530. The summed E-state index contributed by atoms with van der Waals surface area (Å²) in [6.07, 6.45) is 9.91. The van der Waals surface area contributed by atoms with Crippen molar-refractivity contribution in [2.75, 3.05) is 0 Å². The molecule has 2 rings (SSSR count). The van der Waals surface area contributed by atoms with Gasteiger partial charge in [-0.2, -0.15) is 0 Å². The molecule has 0 aromatic heterocycles. The highest BCUT2D eigenvalue weighted by Crippen LogP contribution is 2.39. The lowest BCUT2D eigenvalue weighted by molar-refractivity contribution is -0.152. The van der Waals surface area contributed by atoms with Crippen molar-refractivity contribution in [2.24, 2.45) is 11.8 Å². The molecule has 0 heterocycles. The Morgan fingerprint density at radius 2 is 1.60 bits per heavy atom. The molecule has 86 valence electrons. The number of rotatable bonds is 2. The molecule has 0 amide bonds. The summed E-state index contributed by atoms with van der Waals surface area (Å²) < 4.78 is 5.58. The summed E-state index contributed by atoms with van der Waals surface area (Å²) in [4.78, 5) is 11.7. The number of hydrogen-bond acceptors (Lipinski definition) is 2. The standard InChI is InChI=1S/C13H22O2/c1-10-9-12(10)13(14)15-11-7-5-3-2-4-6-8-11/h10-12H,2-9H2,1H3. The SMILES string of the molecule is CC1CC1C(=O)OC1CCCCCCC1. The van der Waals surface area contributed by atoms with Crippen molar-refractivity contribution in [2.45, 2.75) is 64.4 Å². The fourth-order valence-electron chi connectivity index (χ4n) is 2.44. The van der Waals surface area contributed by atoms with Gasteiger partial charge in [0.25, 0.3) is 0 Å². The van der Waals surface area contributed by atoms with Gasteiger partial charge >= 0.3 is 5.97 Å². The van der Waals surface area contributed by atoms with Gasteiger partial charge in [-0.25, -0.2) is 0 Å². The molecule has 0 saturated heterocycles. The molecular weight excluding hydrogens is 188 g/mol. The summed E-state index contributed by atoms with van der Waals surface area (Å²) in [7, 11) is 0. The smallest absolute Gasteiger partial charge is 0.309 e. The highest BCUT2D eigenvalue weighted by molar-refractivity contribution is 5.75. The fraction of sp³-hybridized carbons (Fsp3) is 0.923. The van der Waals surface area contributed by atoms with E-state index < -0.39 is 0 Å². The van der Waals surface area contributed by atoms with Crippen LogP contribution in [0.4, 0.5) is 0 Å². The van der Waals surface area contributed by atoms with Crippen LogP contribution in [0.3, 0.4) is 0 Å². The molecule has 0 N–H and O–H groups in total. The van der Waals surface area contributed by atoms with E-state index >= 15 is 0 Å². The first kappa shape index (κ1) is 11.0. The van der Waals surface area contributed by atoms with E-state index in [9.17, 15) is 4.79 Å². The average molecular weight is 210 g/mol. The zero-order valence-corrected chi connectivity index (χ0v) is 9.71. The van der Waals surface area contributed by atoms with Crippen molar-refractivity contribution in [3.8, 4) is 0 Å². The van der Waals surface area contributed by atoms with E-state index in [1.54, 1.807) is 0 Å². The van der Waals surface area contributed by atoms with Gasteiger partial charge in [0.1, 0.15) is 6.10 Å². The average Bonchev–Trinajstić information content (AvgIpc) is 2.87. The molecule has 2 atom stereocenters. The second-order valence-corrected chi connectivity index (χ2v) is 5.22. The quantitative estimate of drug-likeness (QED) is 0.654. The zero-order valence-electron chi connectivity index (χ0n) is 9.71. The number of carbonyl (C=O) groups is 1. The van der Waals surface area contributed by atoms with E-state index in [0.29, 0.717) is 5.92 Å². The van der Waals surface area contributed by atoms with E-state index in [-0.39, 0.29) is 18.0 Å². The molecular formula is C13H22O2. The van der Waals surface area contributed by atoms with Crippen molar-refractivity contribution in [1.29, 1.82) is 0 Å². The third-order valence-electron chi connectivity index (χ3n) is 3.75. The Balaban J connectivity index is 1.74. The molecule has 2 fully saturated rings. The van der Waals surface area contributed by atoms with Gasteiger partial charge in [0.2, 0.25) is 0 Å². The Labute approximate surface area is 92.4 Å². The van der Waals surface area contributed by atoms with Crippen LogP contribution in [0.5, 0.6) is 0 Å². The summed E-state index contributed by atoms with van der Waals surface area (Å²) in [5.74, 6) is 0.884. The second kappa shape index (κ2) is 5.00. The van der Waals surface area contributed by atoms with Crippen molar-refractivity contribution < 1.29 is 9.53 Å². The molecule has 2 unspecified atom stereocenters. The monoisotopic (exact) mass is 210 g/mol. The molecule has 0 spiro atoms. The van der Waals surface area contributed by atoms with Crippen LogP contribution in [0, 0.1) is 11.8 Å². The van der Waals surface area contributed by atoms with Gasteiger partial charge in [0.15, 0.2) is 0 Å². The van der Waals surface area contributed by atoms with Gasteiger partial charge < -0.3 is 4.74 Å². The van der Waals surface area contributed by atoms with E-state index in [4.69, 9.17) is 4.74 Å². The minimum absolute atomic E-state index is 0.0769. The maximum atomic E-state index is 11.7. The van der Waals surface area contributed by atoms with Crippen LogP contribution in [0.1, 0.15) is 58.3 Å². The maximum absolute atomic E-state index is 11.7. The topological polar surface area (TPSA) is 26.3 Å². The third-order valence-corrected chi connectivity index (χ3v) is 3.75. The molecule has 0 radical (unpaired) electrons. The van der Waals surface area contributed by atoms with Crippen LogP contribution in [0.25, 0.3) is 0 Å². The molecule has 2 aliphatic rings. The first-order valence-electron chi connectivity index (χ1n) is 6.48. The van der Waals surface area contributed by atoms with Crippen LogP contribution < -0.4 is 0 Å². The van der Waals surface area contributed by atoms with Gasteiger partial charge in [-0.15, -0.1) is 0 Å². The molecule has 2 aliphatic carbocycles. The lowest BCUT2D eigenvalue weighted by Gasteiger charge is -2.20. The predicted octanol–water partition coefficient (Wildman–Crippen LogP) is 3.30. The van der Waals surface area contributed by atoms with Crippen molar-refractivity contribution >= 4 is 5.97 Å². The third kappa shape index (κ3) is 3.22. The number of esters is 1. The number of ether oxygens (including phenoxy) is 1. The fourth-order valence-corrected chi connectivity index (χ4v) is 2.44. The minimum atomic E-state index is 0.0769. The Kier molecular flexibility index (Phi) is 3.66. The summed E-state index contributed by atoms with van der Waals surface area (Å²) in [5, 5.41) is 0. The largest absolute Gasteiger partial charge is 0.462 e. The number of hydrogen-bond donors (Lipinski definition) is 0. The van der Waals surface area contributed by atoms with Crippen molar-refractivity contribution in [1.82, 2.24) is 0 Å². The van der Waals surface area contributed by atoms with E-state index in [1.807, 2.05) is 0 Å². The summed E-state index contributed by atoms with van der Waals surface area (Å²) in [6.45, 7) is 2.13. The van der Waals surface area contributed by atoms with Gasteiger partial charge in [0, 0.05) is 0 Å². The van der Waals surface area contributed by atoms with Gasteiger partial charge in [0.05, 0.1) is 5.92 Å². The zero-order chi connectivity index (χ0) is 10.7. The molecule has 2 nitrogen and oxygen atoms in total. The molecule has 0 aromatic carbocycles. The van der Waals surface area contributed by atoms with E-state index in [0.717, 1.165) is 19.3 Å². The van der Waals surface area contributed by atoms with Crippen LogP contribution in [0.2, 0.25) is 0 Å². The normalized spacial score (nSPS) is 32.9. The summed E-state index contributed by atoms with van der Waals surface area (Å²) in [6, 6.07) is 0. The molecule has 0 aromatic rings. The number of carbonyl (C=O) groups excluding carboxylic acids is 1. The second-order valence-electron chi connectivity index (χ2n) is 5.22. The Morgan fingerprint density at radius 3 is 2.13 bits per heavy atom. The van der Waals surface area contributed by atoms with E-state index in [1.165, 1.54) is 32.1 Å². The molecule has 2 saturated carbocycles. The van der Waals surface area contributed by atoms with Crippen LogP contribution in [0.15, 0.2) is 0 Å². The highest BCUT2D eigenvalue weighted by atomic mass is 16.5. The van der Waals surface area contributed by atoms with Crippen molar-refractivity contribution in [3.05, 3.63) is 0 Å². The highest BCUT2D eigenvalue weighted by Gasteiger charge is 2.41. The van der Waals surface area contributed by atoms with Crippen LogP contribution in [-0.2, 0) is 9.53 Å². The van der Waals surface area contributed by atoms with Crippen LogP contribution in [-0.4, -0.2) is 12.1 Å².